The number of ether oxygens (including phenoxy) is 1. The van der Waals surface area contributed by atoms with Gasteiger partial charge in [-0.15, -0.1) is 0 Å². The number of carbonyl (C=O) groups excluding carboxylic acids is 1. The third kappa shape index (κ3) is 20.4. The second-order valence-electron chi connectivity index (χ2n) is 4.43. The number of carbonyl (C=O) groups is 2. The van der Waals surface area contributed by atoms with Gasteiger partial charge < -0.3 is 9.84 Å². The summed E-state index contributed by atoms with van der Waals surface area (Å²) in [6, 6.07) is 10.0. The van der Waals surface area contributed by atoms with Gasteiger partial charge in [0.1, 0.15) is 0 Å². The van der Waals surface area contributed by atoms with Crippen molar-refractivity contribution in [2.45, 2.75) is 26.7 Å². The molecule has 1 aromatic rings. The molecule has 24 heavy (non-hydrogen) atoms. The van der Waals surface area contributed by atoms with E-state index in [1.165, 1.54) is 18.6 Å². The summed E-state index contributed by atoms with van der Waals surface area (Å²) in [6.07, 6.45) is 4.99. The van der Waals surface area contributed by atoms with Crippen molar-refractivity contribution >= 4 is 47.6 Å². The second kappa shape index (κ2) is 19.4. The topological polar surface area (TPSA) is 63.6 Å². The van der Waals surface area contributed by atoms with Crippen LogP contribution in [0, 0.1) is 0 Å². The van der Waals surface area contributed by atoms with Crippen molar-refractivity contribution in [1.29, 1.82) is 0 Å². The zero-order chi connectivity index (χ0) is 18.1. The number of carboxylic acid groups (broad SMARTS) is 1. The first-order valence-electron chi connectivity index (χ1n) is 7.24. The van der Waals surface area contributed by atoms with Crippen LogP contribution in [0.2, 0.25) is 0 Å². The molecule has 0 radical (unpaired) electrons. The first kappa shape index (κ1) is 27.2. The SMILES string of the molecule is C=C(C)C(=O)O.C=CC(=O)OCCCC.C=Cc1ccccc1.[NaH]. The van der Waals surface area contributed by atoms with Crippen LogP contribution in [0.25, 0.3) is 6.08 Å². The van der Waals surface area contributed by atoms with Crippen LogP contribution < -0.4 is 0 Å². The Kier molecular flexibility index (Phi) is 22.0. The number of carboxylic acids is 1. The first-order chi connectivity index (χ1) is 10.9. The van der Waals surface area contributed by atoms with E-state index < -0.39 is 5.97 Å². The zero-order valence-corrected chi connectivity index (χ0v) is 14.0. The first-order valence-corrected chi connectivity index (χ1v) is 7.24. The Labute approximate surface area is 167 Å². The van der Waals surface area contributed by atoms with Gasteiger partial charge in [0, 0.05) is 11.6 Å². The van der Waals surface area contributed by atoms with Gasteiger partial charge >= 0.3 is 41.5 Å². The maximum atomic E-state index is 10.3. The standard InChI is InChI=1S/C8H8.C7H12O2.C4H6O2.Na.H/c1-2-8-6-4-3-5-7-8;1-3-5-6-9-7(8)4-2;1-3(2)4(5)6;;/h2-7H,1H2;4H,2-3,5-6H2,1H3;1H2,2H3,(H,5,6);;. The molecule has 1 rings (SSSR count). The Bertz CT molecular complexity index is 483. The molecule has 5 heteroatoms. The van der Waals surface area contributed by atoms with Crippen LogP contribution in [0.15, 0.2) is 61.7 Å². The summed E-state index contributed by atoms with van der Waals surface area (Å²) >= 11 is 0. The molecule has 0 spiro atoms. The number of unbranched alkanes of at least 4 members (excludes halogenated alkanes) is 1. The van der Waals surface area contributed by atoms with E-state index in [0.29, 0.717) is 6.61 Å². The molecular formula is C19H27NaO4. The number of benzene rings is 1. The van der Waals surface area contributed by atoms with Crippen molar-refractivity contribution in [3.05, 3.63) is 67.3 Å². The number of hydrogen-bond donors (Lipinski definition) is 1. The summed E-state index contributed by atoms with van der Waals surface area (Å²) in [7, 11) is 0. The second-order valence-corrected chi connectivity index (χ2v) is 4.43. The molecule has 0 bridgehead atoms. The van der Waals surface area contributed by atoms with E-state index in [4.69, 9.17) is 5.11 Å². The quantitative estimate of drug-likeness (QED) is 0.369. The number of hydrogen-bond acceptors (Lipinski definition) is 3. The van der Waals surface area contributed by atoms with Crippen molar-refractivity contribution < 1.29 is 19.4 Å². The van der Waals surface area contributed by atoms with Gasteiger partial charge in [-0.3, -0.25) is 0 Å². The van der Waals surface area contributed by atoms with Gasteiger partial charge in [0.25, 0.3) is 0 Å². The summed E-state index contributed by atoms with van der Waals surface area (Å²) in [5, 5.41) is 7.89. The summed E-state index contributed by atoms with van der Waals surface area (Å²) < 4.78 is 4.67. The van der Waals surface area contributed by atoms with Crippen LogP contribution in [0.5, 0.6) is 0 Å². The molecule has 0 saturated carbocycles. The van der Waals surface area contributed by atoms with Crippen molar-refractivity contribution in [3.8, 4) is 0 Å². The van der Waals surface area contributed by atoms with E-state index in [2.05, 4.69) is 24.5 Å². The molecule has 1 aromatic carbocycles. The van der Waals surface area contributed by atoms with Gasteiger partial charge in [-0.1, -0.05) is 69.5 Å². The molecular weight excluding hydrogens is 315 g/mol. The van der Waals surface area contributed by atoms with Gasteiger partial charge in [-0.05, 0) is 18.9 Å². The fourth-order valence-corrected chi connectivity index (χ4v) is 0.965. The third-order valence-corrected chi connectivity index (χ3v) is 2.31. The maximum absolute atomic E-state index is 10.3. The predicted molar refractivity (Wildman–Crippen MR) is 102 cm³/mol. The Morgan fingerprint density at radius 1 is 1.21 bits per heavy atom. The Morgan fingerprint density at radius 2 is 1.71 bits per heavy atom. The van der Waals surface area contributed by atoms with Crippen molar-refractivity contribution in [2.75, 3.05) is 6.61 Å². The summed E-state index contributed by atoms with van der Waals surface area (Å²) in [6.45, 7) is 14.1. The van der Waals surface area contributed by atoms with E-state index in [1.807, 2.05) is 43.3 Å². The number of esters is 1. The third-order valence-electron chi connectivity index (χ3n) is 2.31. The van der Waals surface area contributed by atoms with Crippen molar-refractivity contribution in [1.82, 2.24) is 0 Å². The molecule has 0 aliphatic rings. The van der Waals surface area contributed by atoms with Crippen LogP contribution in [-0.2, 0) is 14.3 Å². The zero-order valence-electron chi connectivity index (χ0n) is 14.0. The molecule has 4 nitrogen and oxygen atoms in total. The molecule has 0 aliphatic heterocycles. The summed E-state index contributed by atoms with van der Waals surface area (Å²) in [5.74, 6) is -1.27. The van der Waals surface area contributed by atoms with E-state index in [0.717, 1.165) is 12.8 Å². The van der Waals surface area contributed by atoms with Crippen LogP contribution >= 0.6 is 0 Å². The van der Waals surface area contributed by atoms with E-state index in [-0.39, 0.29) is 41.1 Å². The van der Waals surface area contributed by atoms with E-state index in [1.54, 1.807) is 0 Å². The van der Waals surface area contributed by atoms with Crippen molar-refractivity contribution in [3.63, 3.8) is 0 Å². The molecule has 128 valence electrons. The predicted octanol–water partition coefficient (Wildman–Crippen LogP) is 3.84. The van der Waals surface area contributed by atoms with Crippen LogP contribution in [-0.4, -0.2) is 53.2 Å². The average molecular weight is 342 g/mol. The molecule has 0 fully saturated rings. The molecule has 0 aliphatic carbocycles. The van der Waals surface area contributed by atoms with Gasteiger partial charge in [0.2, 0.25) is 0 Å². The van der Waals surface area contributed by atoms with Crippen LogP contribution in [0.3, 0.4) is 0 Å². The van der Waals surface area contributed by atoms with Gasteiger partial charge in [-0.25, -0.2) is 9.59 Å². The molecule has 0 saturated heterocycles. The monoisotopic (exact) mass is 342 g/mol. The molecule has 0 amide bonds. The molecule has 0 aromatic heterocycles. The molecule has 0 heterocycles. The Morgan fingerprint density at radius 3 is 2.00 bits per heavy atom. The fourth-order valence-electron chi connectivity index (χ4n) is 0.965. The van der Waals surface area contributed by atoms with E-state index >= 15 is 0 Å². The van der Waals surface area contributed by atoms with Crippen LogP contribution in [0.1, 0.15) is 32.3 Å². The van der Waals surface area contributed by atoms with E-state index in [9.17, 15) is 9.59 Å². The molecule has 1 N–H and O–H groups in total. The average Bonchev–Trinajstić information content (AvgIpc) is 2.56. The fraction of sp³-hybridized carbons (Fsp3) is 0.263. The molecule has 0 atom stereocenters. The summed E-state index contributed by atoms with van der Waals surface area (Å²) in [4.78, 5) is 19.9. The Balaban J connectivity index is -0.000000275. The van der Waals surface area contributed by atoms with Gasteiger partial charge in [-0.2, -0.15) is 0 Å². The Hall–Kier alpha value is -1.62. The summed E-state index contributed by atoms with van der Waals surface area (Å²) in [5.41, 5.74) is 1.35. The number of rotatable bonds is 6. The normalized spacial score (nSPS) is 7.92. The van der Waals surface area contributed by atoms with Crippen LogP contribution in [0.4, 0.5) is 0 Å². The molecule has 0 unspecified atom stereocenters. The minimum absolute atomic E-state index is 0. The van der Waals surface area contributed by atoms with Crippen molar-refractivity contribution in [2.24, 2.45) is 0 Å². The van der Waals surface area contributed by atoms with Gasteiger partial charge in [0.15, 0.2) is 0 Å². The minimum atomic E-state index is -0.935. The van der Waals surface area contributed by atoms with Gasteiger partial charge in [0.05, 0.1) is 6.61 Å². The number of aliphatic carboxylic acids is 1.